The number of imidazole rings is 1. The minimum Gasteiger partial charge on any atom is -0.490 e. The van der Waals surface area contributed by atoms with Crippen LogP contribution in [0.5, 0.6) is 11.5 Å². The molecule has 0 aliphatic carbocycles. The van der Waals surface area contributed by atoms with E-state index in [9.17, 15) is 4.79 Å². The normalized spacial score (nSPS) is 10.9. The van der Waals surface area contributed by atoms with Crippen LogP contribution in [0.4, 0.5) is 5.69 Å². The van der Waals surface area contributed by atoms with Crippen molar-refractivity contribution in [3.63, 3.8) is 0 Å². The maximum absolute atomic E-state index is 12.6. The van der Waals surface area contributed by atoms with E-state index in [1.165, 1.54) is 0 Å². The summed E-state index contributed by atoms with van der Waals surface area (Å²) in [4.78, 5) is 20.6. The lowest BCUT2D eigenvalue weighted by Gasteiger charge is -2.13. The Morgan fingerprint density at radius 3 is 2.61 bits per heavy atom. The third kappa shape index (κ3) is 4.36. The first kappa shape index (κ1) is 20.6. The number of aromatic nitrogens is 2. The topological polar surface area (TPSA) is 76.2 Å². The molecule has 4 aromatic carbocycles. The number of carbonyl (C=O) groups excluding carboxylic acids is 1. The zero-order valence-electron chi connectivity index (χ0n) is 18.2. The molecule has 6 heteroatoms. The maximum atomic E-state index is 12.6. The number of para-hydroxylation sites is 2. The third-order valence-corrected chi connectivity index (χ3v) is 5.33. The molecule has 0 aliphatic heterocycles. The number of nitrogens with one attached hydrogen (secondary N) is 2. The molecule has 0 saturated heterocycles. The summed E-state index contributed by atoms with van der Waals surface area (Å²) < 4.78 is 11.6. The van der Waals surface area contributed by atoms with Gasteiger partial charge >= 0.3 is 0 Å². The molecule has 0 saturated carbocycles. The number of ether oxygens (including phenoxy) is 2. The highest BCUT2D eigenvalue weighted by Gasteiger charge is 2.13. The van der Waals surface area contributed by atoms with Crippen LogP contribution in [-0.4, -0.2) is 29.1 Å². The SMILES string of the molecule is CCOc1cc(-c2nc3ccccc3[nH]2)ccc1OCC(=O)Nc1cccc2ccccc12. The summed E-state index contributed by atoms with van der Waals surface area (Å²) in [7, 11) is 0. The van der Waals surface area contributed by atoms with Crippen LogP contribution in [0.15, 0.2) is 84.9 Å². The van der Waals surface area contributed by atoms with Crippen LogP contribution < -0.4 is 14.8 Å². The highest BCUT2D eigenvalue weighted by atomic mass is 16.5. The van der Waals surface area contributed by atoms with E-state index < -0.39 is 0 Å². The van der Waals surface area contributed by atoms with Gasteiger partial charge in [0, 0.05) is 16.6 Å². The molecule has 5 aromatic rings. The van der Waals surface area contributed by atoms with Crippen LogP contribution in [0, 0.1) is 0 Å². The second-order valence-electron chi connectivity index (χ2n) is 7.56. The molecule has 5 rings (SSSR count). The van der Waals surface area contributed by atoms with Crippen LogP contribution in [0.25, 0.3) is 33.2 Å². The number of fused-ring (bicyclic) bond motifs is 2. The number of benzene rings is 4. The lowest BCUT2D eigenvalue weighted by atomic mass is 10.1. The van der Waals surface area contributed by atoms with Gasteiger partial charge in [0.2, 0.25) is 0 Å². The van der Waals surface area contributed by atoms with Crippen molar-refractivity contribution < 1.29 is 14.3 Å². The van der Waals surface area contributed by atoms with Gasteiger partial charge in [0.15, 0.2) is 18.1 Å². The number of amides is 1. The van der Waals surface area contributed by atoms with E-state index in [4.69, 9.17) is 9.47 Å². The summed E-state index contributed by atoms with van der Waals surface area (Å²) in [6.07, 6.45) is 0. The lowest BCUT2D eigenvalue weighted by molar-refractivity contribution is -0.118. The van der Waals surface area contributed by atoms with Crippen LogP contribution in [0.1, 0.15) is 6.92 Å². The van der Waals surface area contributed by atoms with Gasteiger partial charge in [-0.2, -0.15) is 0 Å². The molecular weight excluding hydrogens is 414 g/mol. The minimum absolute atomic E-state index is 0.132. The Bertz CT molecular complexity index is 1400. The van der Waals surface area contributed by atoms with Crippen molar-refractivity contribution in [2.75, 3.05) is 18.5 Å². The maximum Gasteiger partial charge on any atom is 0.262 e. The highest BCUT2D eigenvalue weighted by molar-refractivity contribution is 6.02. The number of nitrogens with zero attached hydrogens (tertiary/aromatic N) is 1. The van der Waals surface area contributed by atoms with E-state index in [0.29, 0.717) is 18.1 Å². The zero-order chi connectivity index (χ0) is 22.6. The first-order chi connectivity index (χ1) is 16.2. The zero-order valence-corrected chi connectivity index (χ0v) is 18.2. The average Bonchev–Trinajstić information content (AvgIpc) is 3.28. The Hall–Kier alpha value is -4.32. The summed E-state index contributed by atoms with van der Waals surface area (Å²) in [6.45, 7) is 2.25. The molecule has 0 bridgehead atoms. The van der Waals surface area contributed by atoms with E-state index in [1.54, 1.807) is 6.07 Å². The second kappa shape index (κ2) is 9.04. The number of hydrogen-bond donors (Lipinski definition) is 2. The second-order valence-corrected chi connectivity index (χ2v) is 7.56. The molecule has 1 aromatic heterocycles. The first-order valence-electron chi connectivity index (χ1n) is 10.8. The van der Waals surface area contributed by atoms with Crippen molar-refractivity contribution in [1.29, 1.82) is 0 Å². The lowest BCUT2D eigenvalue weighted by Crippen LogP contribution is -2.20. The Kier molecular flexibility index (Phi) is 5.64. The van der Waals surface area contributed by atoms with Gasteiger partial charge in [-0.1, -0.05) is 48.5 Å². The molecule has 33 heavy (non-hydrogen) atoms. The Morgan fingerprint density at radius 1 is 0.909 bits per heavy atom. The largest absolute Gasteiger partial charge is 0.490 e. The number of H-pyrrole nitrogens is 1. The summed E-state index contributed by atoms with van der Waals surface area (Å²) >= 11 is 0. The fraction of sp³-hybridized carbons (Fsp3) is 0.111. The van der Waals surface area contributed by atoms with Crippen LogP contribution in [-0.2, 0) is 4.79 Å². The van der Waals surface area contributed by atoms with Gasteiger partial charge < -0.3 is 19.8 Å². The van der Waals surface area contributed by atoms with Crippen molar-refractivity contribution in [3.05, 3.63) is 84.9 Å². The summed E-state index contributed by atoms with van der Waals surface area (Å²) in [5.41, 5.74) is 3.50. The van der Waals surface area contributed by atoms with Crippen molar-refractivity contribution in [2.45, 2.75) is 6.92 Å². The standard InChI is InChI=1S/C27H23N3O3/c1-2-32-25-16-19(27-29-22-11-5-6-12-23(22)30-27)14-15-24(25)33-17-26(31)28-21-13-7-9-18-8-3-4-10-20(18)21/h3-16H,2,17H2,1H3,(H,28,31)(H,29,30). The molecule has 0 aliphatic rings. The average molecular weight is 437 g/mol. The van der Waals surface area contributed by atoms with Gasteiger partial charge in [0.1, 0.15) is 5.82 Å². The van der Waals surface area contributed by atoms with Gasteiger partial charge in [0.05, 0.1) is 17.6 Å². The fourth-order valence-corrected chi connectivity index (χ4v) is 3.80. The predicted molar refractivity (Wildman–Crippen MR) is 131 cm³/mol. The van der Waals surface area contributed by atoms with E-state index in [0.717, 1.165) is 38.9 Å². The van der Waals surface area contributed by atoms with Gasteiger partial charge in [0.25, 0.3) is 5.91 Å². The molecule has 1 heterocycles. The number of hydrogen-bond acceptors (Lipinski definition) is 4. The van der Waals surface area contributed by atoms with E-state index in [-0.39, 0.29) is 12.5 Å². The Morgan fingerprint density at radius 2 is 1.73 bits per heavy atom. The fourth-order valence-electron chi connectivity index (χ4n) is 3.80. The van der Waals surface area contributed by atoms with Gasteiger partial charge in [-0.3, -0.25) is 4.79 Å². The van der Waals surface area contributed by atoms with Crippen molar-refractivity contribution >= 4 is 33.4 Å². The molecule has 6 nitrogen and oxygen atoms in total. The summed E-state index contributed by atoms with van der Waals surface area (Å²) in [5.74, 6) is 1.57. The van der Waals surface area contributed by atoms with E-state index in [1.807, 2.05) is 85.8 Å². The monoisotopic (exact) mass is 437 g/mol. The molecule has 0 atom stereocenters. The minimum atomic E-state index is -0.241. The Balaban J connectivity index is 1.33. The summed E-state index contributed by atoms with van der Waals surface area (Å²) in [5, 5.41) is 4.99. The molecule has 0 fully saturated rings. The number of anilines is 1. The molecular formula is C27H23N3O3. The Labute approximate surface area is 191 Å². The predicted octanol–water partition coefficient (Wildman–Crippen LogP) is 5.80. The van der Waals surface area contributed by atoms with Gasteiger partial charge in [-0.25, -0.2) is 4.98 Å². The third-order valence-electron chi connectivity index (χ3n) is 5.33. The quantitative estimate of drug-likeness (QED) is 0.337. The smallest absolute Gasteiger partial charge is 0.262 e. The van der Waals surface area contributed by atoms with Crippen LogP contribution >= 0.6 is 0 Å². The molecule has 2 N–H and O–H groups in total. The van der Waals surface area contributed by atoms with Crippen LogP contribution in [0.2, 0.25) is 0 Å². The van der Waals surface area contributed by atoms with Gasteiger partial charge in [-0.05, 0) is 48.7 Å². The first-order valence-corrected chi connectivity index (χ1v) is 10.8. The molecule has 0 spiro atoms. The summed E-state index contributed by atoms with van der Waals surface area (Å²) in [6, 6.07) is 27.2. The van der Waals surface area contributed by atoms with E-state index >= 15 is 0 Å². The molecule has 0 radical (unpaired) electrons. The number of aromatic amines is 1. The van der Waals surface area contributed by atoms with Crippen molar-refractivity contribution in [3.8, 4) is 22.9 Å². The van der Waals surface area contributed by atoms with E-state index in [2.05, 4.69) is 15.3 Å². The molecule has 1 amide bonds. The molecule has 164 valence electrons. The van der Waals surface area contributed by atoms with Crippen molar-refractivity contribution in [2.24, 2.45) is 0 Å². The van der Waals surface area contributed by atoms with Crippen molar-refractivity contribution in [1.82, 2.24) is 9.97 Å². The molecule has 0 unspecified atom stereocenters. The van der Waals surface area contributed by atoms with Crippen LogP contribution in [0.3, 0.4) is 0 Å². The number of carbonyl (C=O) groups is 1. The highest BCUT2D eigenvalue weighted by Crippen LogP contribution is 2.33. The van der Waals surface area contributed by atoms with Gasteiger partial charge in [-0.15, -0.1) is 0 Å². The number of rotatable bonds is 7.